The lowest BCUT2D eigenvalue weighted by molar-refractivity contribution is -0.121. The monoisotopic (exact) mass is 164 g/mol. The van der Waals surface area contributed by atoms with Gasteiger partial charge in [-0.3, -0.25) is 4.79 Å². The second kappa shape index (κ2) is 4.24. The van der Waals surface area contributed by atoms with Gasteiger partial charge < -0.3 is 0 Å². The third-order valence-electron chi connectivity index (χ3n) is 2.38. The Hall–Kier alpha value is -0.850. The molecule has 12 heavy (non-hydrogen) atoms. The number of carbonyl (C=O) groups is 1. The molecular formula is C11H16O. The van der Waals surface area contributed by atoms with Crippen molar-refractivity contribution in [2.45, 2.75) is 26.2 Å². The molecular weight excluding hydrogens is 148 g/mol. The van der Waals surface area contributed by atoms with Crippen molar-refractivity contribution in [2.24, 2.45) is 11.8 Å². The highest BCUT2D eigenvalue weighted by molar-refractivity contribution is 5.80. The number of rotatable bonds is 2. The maximum absolute atomic E-state index is 11.2. The summed E-state index contributed by atoms with van der Waals surface area (Å²) in [6, 6.07) is 0. The SMILES string of the molecule is C=C[C@H]1CC(=O)C[C@@H](/C=C/C)C1. The molecule has 0 amide bonds. The predicted molar refractivity (Wildman–Crippen MR) is 50.8 cm³/mol. The van der Waals surface area contributed by atoms with E-state index in [1.165, 1.54) is 0 Å². The van der Waals surface area contributed by atoms with Crippen LogP contribution in [0, 0.1) is 11.8 Å². The summed E-state index contributed by atoms with van der Waals surface area (Å²) in [6.07, 6.45) is 8.61. The van der Waals surface area contributed by atoms with Crippen molar-refractivity contribution in [3.05, 3.63) is 24.8 Å². The summed E-state index contributed by atoms with van der Waals surface area (Å²) >= 11 is 0. The van der Waals surface area contributed by atoms with E-state index in [2.05, 4.69) is 12.7 Å². The Morgan fingerprint density at radius 1 is 1.42 bits per heavy atom. The largest absolute Gasteiger partial charge is 0.300 e. The van der Waals surface area contributed by atoms with E-state index in [0.29, 0.717) is 24.0 Å². The Balaban J connectivity index is 2.56. The van der Waals surface area contributed by atoms with Crippen LogP contribution >= 0.6 is 0 Å². The molecule has 1 fully saturated rings. The van der Waals surface area contributed by atoms with Crippen LogP contribution in [0.4, 0.5) is 0 Å². The molecule has 0 N–H and O–H groups in total. The summed E-state index contributed by atoms with van der Waals surface area (Å²) in [4.78, 5) is 11.2. The Morgan fingerprint density at radius 2 is 2.08 bits per heavy atom. The number of Topliss-reactive ketones (excluding diaryl/α,β-unsaturated/α-hetero) is 1. The van der Waals surface area contributed by atoms with Gasteiger partial charge >= 0.3 is 0 Å². The molecule has 1 nitrogen and oxygen atoms in total. The minimum atomic E-state index is 0.384. The average molecular weight is 164 g/mol. The molecule has 0 radical (unpaired) electrons. The fourth-order valence-corrected chi connectivity index (χ4v) is 1.82. The van der Waals surface area contributed by atoms with Gasteiger partial charge in [-0.1, -0.05) is 18.2 Å². The molecule has 0 aliphatic heterocycles. The molecule has 0 aromatic rings. The zero-order valence-electron chi connectivity index (χ0n) is 7.62. The molecule has 1 rings (SSSR count). The molecule has 1 aliphatic rings. The number of allylic oxidation sites excluding steroid dienone is 3. The number of hydrogen-bond acceptors (Lipinski definition) is 1. The standard InChI is InChI=1S/C11H16O/c1-3-5-10-6-9(4-2)7-11(12)8-10/h3-5,9-10H,2,6-8H2,1H3/b5-3+/t9-,10+/m1/s1. The lowest BCUT2D eigenvalue weighted by atomic mass is 9.80. The van der Waals surface area contributed by atoms with Crippen LogP contribution in [0.15, 0.2) is 24.8 Å². The Morgan fingerprint density at radius 3 is 2.67 bits per heavy atom. The van der Waals surface area contributed by atoms with E-state index < -0.39 is 0 Å². The van der Waals surface area contributed by atoms with Gasteiger partial charge in [-0.25, -0.2) is 0 Å². The van der Waals surface area contributed by atoms with Crippen LogP contribution in [-0.4, -0.2) is 5.78 Å². The summed E-state index contributed by atoms with van der Waals surface area (Å²) in [5.74, 6) is 1.25. The summed E-state index contributed by atoms with van der Waals surface area (Å²) in [5.41, 5.74) is 0. The molecule has 66 valence electrons. The van der Waals surface area contributed by atoms with Crippen LogP contribution in [0.3, 0.4) is 0 Å². The Labute approximate surface area is 74.2 Å². The summed E-state index contributed by atoms with van der Waals surface area (Å²) < 4.78 is 0. The van der Waals surface area contributed by atoms with Crippen LogP contribution in [0.25, 0.3) is 0 Å². The van der Waals surface area contributed by atoms with E-state index in [1.807, 2.05) is 19.1 Å². The lowest BCUT2D eigenvalue weighted by Gasteiger charge is -2.23. The predicted octanol–water partition coefficient (Wildman–Crippen LogP) is 2.73. The fourth-order valence-electron chi connectivity index (χ4n) is 1.82. The van der Waals surface area contributed by atoms with Crippen molar-refractivity contribution in [1.82, 2.24) is 0 Å². The van der Waals surface area contributed by atoms with Gasteiger partial charge in [0.25, 0.3) is 0 Å². The smallest absolute Gasteiger partial charge is 0.134 e. The quantitative estimate of drug-likeness (QED) is 0.573. The minimum absolute atomic E-state index is 0.384. The molecule has 0 unspecified atom stereocenters. The van der Waals surface area contributed by atoms with Crippen molar-refractivity contribution in [3.63, 3.8) is 0 Å². The maximum Gasteiger partial charge on any atom is 0.134 e. The first kappa shape index (κ1) is 9.24. The normalized spacial score (nSPS) is 30.9. The van der Waals surface area contributed by atoms with Gasteiger partial charge in [-0.2, -0.15) is 0 Å². The molecule has 1 aliphatic carbocycles. The van der Waals surface area contributed by atoms with Gasteiger partial charge in [-0.15, -0.1) is 6.58 Å². The molecule has 1 heteroatoms. The van der Waals surface area contributed by atoms with Crippen LogP contribution in [0.2, 0.25) is 0 Å². The van der Waals surface area contributed by atoms with Crippen molar-refractivity contribution < 1.29 is 4.79 Å². The van der Waals surface area contributed by atoms with Crippen LogP contribution in [0.1, 0.15) is 26.2 Å². The first-order valence-corrected chi connectivity index (χ1v) is 4.53. The maximum atomic E-state index is 11.2. The highest BCUT2D eigenvalue weighted by atomic mass is 16.1. The summed E-state index contributed by atoms with van der Waals surface area (Å²) in [7, 11) is 0. The van der Waals surface area contributed by atoms with Gasteiger partial charge in [0.2, 0.25) is 0 Å². The first-order valence-electron chi connectivity index (χ1n) is 4.53. The lowest BCUT2D eigenvalue weighted by Crippen LogP contribution is -2.20. The number of hydrogen-bond donors (Lipinski definition) is 0. The molecule has 0 heterocycles. The second-order valence-electron chi connectivity index (χ2n) is 3.46. The van der Waals surface area contributed by atoms with Crippen molar-refractivity contribution in [1.29, 1.82) is 0 Å². The van der Waals surface area contributed by atoms with Crippen molar-refractivity contribution in [3.8, 4) is 0 Å². The number of carbonyl (C=O) groups excluding carboxylic acids is 1. The highest BCUT2D eigenvalue weighted by Crippen LogP contribution is 2.28. The topological polar surface area (TPSA) is 17.1 Å². The minimum Gasteiger partial charge on any atom is -0.300 e. The van der Waals surface area contributed by atoms with E-state index in [-0.39, 0.29) is 0 Å². The molecule has 0 aromatic heterocycles. The molecule has 2 atom stereocenters. The fraction of sp³-hybridized carbons (Fsp3) is 0.545. The van der Waals surface area contributed by atoms with Crippen LogP contribution < -0.4 is 0 Å². The first-order chi connectivity index (χ1) is 5.76. The van der Waals surface area contributed by atoms with Crippen molar-refractivity contribution >= 4 is 5.78 Å². The van der Waals surface area contributed by atoms with E-state index in [0.717, 1.165) is 12.8 Å². The molecule has 1 saturated carbocycles. The van der Waals surface area contributed by atoms with Gasteiger partial charge in [0.05, 0.1) is 0 Å². The highest BCUT2D eigenvalue weighted by Gasteiger charge is 2.23. The molecule has 0 bridgehead atoms. The van der Waals surface area contributed by atoms with Gasteiger partial charge in [0.1, 0.15) is 5.78 Å². The van der Waals surface area contributed by atoms with Gasteiger partial charge in [-0.05, 0) is 25.2 Å². The van der Waals surface area contributed by atoms with E-state index in [9.17, 15) is 4.79 Å². The van der Waals surface area contributed by atoms with E-state index in [4.69, 9.17) is 0 Å². The molecule has 0 saturated heterocycles. The van der Waals surface area contributed by atoms with E-state index >= 15 is 0 Å². The van der Waals surface area contributed by atoms with Gasteiger partial charge in [0, 0.05) is 12.8 Å². The zero-order chi connectivity index (χ0) is 8.97. The van der Waals surface area contributed by atoms with Crippen LogP contribution in [0.5, 0.6) is 0 Å². The Kier molecular flexibility index (Phi) is 3.27. The summed E-state index contributed by atoms with van der Waals surface area (Å²) in [5, 5.41) is 0. The molecule has 0 spiro atoms. The van der Waals surface area contributed by atoms with Crippen molar-refractivity contribution in [2.75, 3.05) is 0 Å². The summed E-state index contributed by atoms with van der Waals surface area (Å²) in [6.45, 7) is 5.74. The molecule has 0 aromatic carbocycles. The zero-order valence-corrected chi connectivity index (χ0v) is 7.62. The van der Waals surface area contributed by atoms with E-state index in [1.54, 1.807) is 0 Å². The third kappa shape index (κ3) is 2.33. The number of ketones is 1. The second-order valence-corrected chi connectivity index (χ2v) is 3.46. The third-order valence-corrected chi connectivity index (χ3v) is 2.38. The van der Waals surface area contributed by atoms with Crippen LogP contribution in [-0.2, 0) is 4.79 Å². The van der Waals surface area contributed by atoms with Gasteiger partial charge in [0.15, 0.2) is 0 Å². The Bertz CT molecular complexity index is 203. The average Bonchev–Trinajstić information content (AvgIpc) is 2.04.